The van der Waals surface area contributed by atoms with E-state index < -0.39 is 6.10 Å². The molecule has 38 heavy (non-hydrogen) atoms. The number of rotatable bonds is 4. The molecular weight excluding hydrogens is 470 g/mol. The highest BCUT2D eigenvalue weighted by Gasteiger charge is 2.27. The molecule has 0 aliphatic heterocycles. The molecule has 0 heterocycles. The van der Waals surface area contributed by atoms with E-state index in [-0.39, 0.29) is 17.6 Å². The molecule has 0 aromatic heterocycles. The lowest BCUT2D eigenvalue weighted by Gasteiger charge is -2.27. The maximum Gasteiger partial charge on any atom is 0.255 e. The molecule has 0 saturated carbocycles. The third kappa shape index (κ3) is 4.07. The molecule has 2 unspecified atom stereocenters. The van der Waals surface area contributed by atoms with Crippen molar-refractivity contribution >= 4 is 29.0 Å². The summed E-state index contributed by atoms with van der Waals surface area (Å²) in [6, 6.07) is 26.8. The third-order valence-electron chi connectivity index (χ3n) is 7.89. The fourth-order valence-corrected chi connectivity index (χ4v) is 5.91. The Morgan fingerprint density at radius 2 is 1.53 bits per heavy atom. The van der Waals surface area contributed by atoms with Crippen LogP contribution in [0.15, 0.2) is 84.9 Å². The molecule has 188 valence electrons. The lowest BCUT2D eigenvalue weighted by atomic mass is 9.78. The number of anilines is 1. The van der Waals surface area contributed by atoms with Gasteiger partial charge in [0.15, 0.2) is 5.78 Å². The average molecular weight is 500 g/mol. The van der Waals surface area contributed by atoms with Gasteiger partial charge in [-0.2, -0.15) is 0 Å². The molecule has 2 aliphatic rings. The van der Waals surface area contributed by atoms with Crippen LogP contribution >= 0.6 is 0 Å². The van der Waals surface area contributed by atoms with Crippen LogP contribution in [0.1, 0.15) is 69.2 Å². The van der Waals surface area contributed by atoms with Crippen LogP contribution in [0.25, 0.3) is 11.6 Å². The topological polar surface area (TPSA) is 66.4 Å². The van der Waals surface area contributed by atoms with Gasteiger partial charge in [-0.25, -0.2) is 0 Å². The minimum atomic E-state index is -0.706. The Hall–Kier alpha value is -4.28. The second-order valence-corrected chi connectivity index (χ2v) is 10.3. The summed E-state index contributed by atoms with van der Waals surface area (Å²) in [5.74, 6) is 0.0573. The van der Waals surface area contributed by atoms with E-state index in [1.165, 1.54) is 0 Å². The minimum absolute atomic E-state index is 0.00967. The van der Waals surface area contributed by atoms with Gasteiger partial charge in [-0.05, 0) is 99.7 Å². The predicted octanol–water partition coefficient (Wildman–Crippen LogP) is 5.29. The maximum atomic E-state index is 13.7. The normalized spacial score (nSPS) is 17.5. The highest BCUT2D eigenvalue weighted by atomic mass is 16.3. The highest BCUT2D eigenvalue weighted by Crippen LogP contribution is 2.34. The molecule has 2 aliphatic carbocycles. The summed E-state index contributed by atoms with van der Waals surface area (Å²) in [7, 11) is 0. The van der Waals surface area contributed by atoms with E-state index in [2.05, 4.69) is 30.4 Å². The number of benzene rings is 4. The van der Waals surface area contributed by atoms with Crippen LogP contribution in [0.2, 0.25) is 0 Å². The average Bonchev–Trinajstić information content (AvgIpc) is 2.93. The smallest absolute Gasteiger partial charge is 0.255 e. The van der Waals surface area contributed by atoms with E-state index in [1.54, 1.807) is 30.3 Å². The van der Waals surface area contributed by atoms with Crippen LogP contribution in [-0.4, -0.2) is 16.8 Å². The Bertz CT molecular complexity index is 1820. The molecule has 0 bridgehead atoms. The van der Waals surface area contributed by atoms with Gasteiger partial charge in [0, 0.05) is 22.4 Å². The standard InChI is InChI=1S/C34H29NO3/c1-20-7-3-5-9-25(20)34(38)35-24-14-12-22(13-15-24)33(37)29-16-11-21(2)31-28(29)18-17-27-26-10-6-4-8-23(26)19-30(36)32(27)31/h3-10,12-15,17-19,21,30,36H,11,16H2,1-2H3,(H,35,38). The first-order valence-corrected chi connectivity index (χ1v) is 13.1. The summed E-state index contributed by atoms with van der Waals surface area (Å²) >= 11 is 0. The fraction of sp³-hybridized carbons (Fsp3) is 0.176. The van der Waals surface area contributed by atoms with Crippen LogP contribution in [0.4, 0.5) is 5.69 Å². The van der Waals surface area contributed by atoms with Crippen molar-refractivity contribution in [2.24, 2.45) is 0 Å². The van der Waals surface area contributed by atoms with Gasteiger partial charge in [0.1, 0.15) is 0 Å². The summed E-state index contributed by atoms with van der Waals surface area (Å²) in [6.07, 6.45) is 2.74. The Morgan fingerprint density at radius 1 is 0.816 bits per heavy atom. The Morgan fingerprint density at radius 3 is 2.32 bits per heavy atom. The third-order valence-corrected chi connectivity index (χ3v) is 7.89. The van der Waals surface area contributed by atoms with E-state index >= 15 is 0 Å². The molecule has 4 aromatic carbocycles. The largest absolute Gasteiger partial charge is 0.384 e. The van der Waals surface area contributed by atoms with Gasteiger partial charge in [0.05, 0.1) is 6.10 Å². The number of Topliss-reactive ketones (excluding diaryl/α,β-unsaturated/α-hetero) is 1. The number of amides is 1. The number of nitrogens with one attached hydrogen (secondary N) is 1. The van der Waals surface area contributed by atoms with Crippen molar-refractivity contribution in [2.75, 3.05) is 5.32 Å². The van der Waals surface area contributed by atoms with Crippen molar-refractivity contribution in [3.05, 3.63) is 134 Å². The van der Waals surface area contributed by atoms with Crippen molar-refractivity contribution < 1.29 is 14.7 Å². The van der Waals surface area contributed by atoms with Gasteiger partial charge < -0.3 is 10.4 Å². The first kappa shape index (κ1) is 24.1. The fourth-order valence-electron chi connectivity index (χ4n) is 5.91. The Kier molecular flexibility index (Phi) is 6.05. The predicted molar refractivity (Wildman–Crippen MR) is 150 cm³/mol. The molecule has 0 saturated heterocycles. The number of hydrogen-bond donors (Lipinski definition) is 2. The van der Waals surface area contributed by atoms with E-state index in [9.17, 15) is 14.7 Å². The van der Waals surface area contributed by atoms with Crippen molar-refractivity contribution in [1.29, 1.82) is 0 Å². The van der Waals surface area contributed by atoms with E-state index in [4.69, 9.17) is 0 Å². The molecule has 4 aromatic rings. The number of aliphatic hydroxyl groups is 1. The molecule has 2 N–H and O–H groups in total. The SMILES string of the molecule is Cc1ccccc1C(=O)Nc1ccc(C(=O)C2=c3ccc4c(c3C(C)CC2)C(O)C=c2ccccc2=4)cc1. The van der Waals surface area contributed by atoms with E-state index in [0.717, 1.165) is 49.6 Å². The van der Waals surface area contributed by atoms with E-state index in [0.29, 0.717) is 23.2 Å². The van der Waals surface area contributed by atoms with E-state index in [1.807, 2.05) is 49.4 Å². The summed E-state index contributed by atoms with van der Waals surface area (Å²) in [6.45, 7) is 4.09. The van der Waals surface area contributed by atoms with Crippen LogP contribution < -0.4 is 15.8 Å². The van der Waals surface area contributed by atoms with Gasteiger partial charge in [-0.1, -0.05) is 61.5 Å². The number of carbonyl (C=O) groups excluding carboxylic acids is 2. The van der Waals surface area contributed by atoms with Crippen molar-refractivity contribution in [2.45, 2.75) is 38.7 Å². The molecule has 2 atom stereocenters. The van der Waals surface area contributed by atoms with Gasteiger partial charge in [0.25, 0.3) is 5.91 Å². The number of aliphatic hydroxyl groups excluding tert-OH is 1. The lowest BCUT2D eigenvalue weighted by molar-refractivity contribution is 0.102. The quantitative estimate of drug-likeness (QED) is 0.375. The summed E-state index contributed by atoms with van der Waals surface area (Å²) in [5.41, 5.74) is 5.55. The van der Waals surface area contributed by atoms with Crippen LogP contribution in [0.5, 0.6) is 0 Å². The van der Waals surface area contributed by atoms with Gasteiger partial charge in [-0.3, -0.25) is 9.59 Å². The number of fused-ring (bicyclic) bond motifs is 4. The lowest BCUT2D eigenvalue weighted by Crippen LogP contribution is -2.28. The molecular formula is C34H29NO3. The molecule has 4 nitrogen and oxygen atoms in total. The van der Waals surface area contributed by atoms with Crippen molar-refractivity contribution in [1.82, 2.24) is 0 Å². The molecule has 4 heteroatoms. The first-order chi connectivity index (χ1) is 18.4. The summed E-state index contributed by atoms with van der Waals surface area (Å²) < 4.78 is 0. The first-order valence-electron chi connectivity index (χ1n) is 13.1. The van der Waals surface area contributed by atoms with Gasteiger partial charge in [-0.15, -0.1) is 0 Å². The zero-order valence-corrected chi connectivity index (χ0v) is 21.5. The van der Waals surface area contributed by atoms with Crippen molar-refractivity contribution in [3.8, 4) is 0 Å². The van der Waals surface area contributed by atoms with Gasteiger partial charge in [0.2, 0.25) is 0 Å². The van der Waals surface area contributed by atoms with Crippen LogP contribution in [0, 0.1) is 17.4 Å². The second kappa shape index (κ2) is 9.55. The molecule has 0 fully saturated rings. The molecule has 6 rings (SSSR count). The highest BCUT2D eigenvalue weighted by molar-refractivity contribution is 6.24. The molecule has 1 amide bonds. The van der Waals surface area contributed by atoms with Crippen molar-refractivity contribution in [3.63, 3.8) is 0 Å². The zero-order chi connectivity index (χ0) is 26.4. The maximum absolute atomic E-state index is 13.7. The van der Waals surface area contributed by atoms with Gasteiger partial charge >= 0.3 is 0 Å². The second-order valence-electron chi connectivity index (χ2n) is 10.3. The number of carbonyl (C=O) groups is 2. The number of aryl methyl sites for hydroxylation is 1. The molecule has 0 radical (unpaired) electrons. The Labute approximate surface area is 221 Å². The summed E-state index contributed by atoms with van der Waals surface area (Å²) in [4.78, 5) is 26.4. The summed E-state index contributed by atoms with van der Waals surface area (Å²) in [5, 5.41) is 18.2. The zero-order valence-electron chi connectivity index (χ0n) is 21.5. The minimum Gasteiger partial charge on any atom is -0.384 e. The number of ketones is 1. The molecule has 0 spiro atoms. The Balaban J connectivity index is 1.39. The van der Waals surface area contributed by atoms with Crippen LogP contribution in [-0.2, 0) is 0 Å². The van der Waals surface area contributed by atoms with Crippen LogP contribution in [0.3, 0.4) is 0 Å². The number of hydrogen-bond acceptors (Lipinski definition) is 3. The monoisotopic (exact) mass is 499 g/mol.